The zero-order valence-electron chi connectivity index (χ0n) is 16.8. The van der Waals surface area contributed by atoms with Crippen LogP contribution in [-0.2, 0) is 7.05 Å². The molecule has 5 aromatic rings. The van der Waals surface area contributed by atoms with E-state index in [-0.39, 0.29) is 12.0 Å². The summed E-state index contributed by atoms with van der Waals surface area (Å²) in [6, 6.07) is 12.7. The maximum Gasteiger partial charge on any atom is 0.240 e. The van der Waals surface area contributed by atoms with Gasteiger partial charge < -0.3 is 5.73 Å². The summed E-state index contributed by atoms with van der Waals surface area (Å²) in [4.78, 5) is 4.39. The van der Waals surface area contributed by atoms with Crippen LogP contribution in [0.15, 0.2) is 67.4 Å². The average Bonchev–Trinajstić information content (AvgIpc) is 3.48. The number of hydrogen-bond donors (Lipinski definition) is 1. The van der Waals surface area contributed by atoms with Crippen LogP contribution in [0.4, 0.5) is 5.95 Å². The first-order valence-corrected chi connectivity index (χ1v) is 9.86. The van der Waals surface area contributed by atoms with E-state index in [9.17, 15) is 0 Å². The number of aromatic nitrogens is 7. The molecule has 0 aliphatic rings. The van der Waals surface area contributed by atoms with Crippen LogP contribution in [0, 0.1) is 0 Å². The minimum Gasteiger partial charge on any atom is -0.366 e. The quantitative estimate of drug-likeness (QED) is 0.489. The van der Waals surface area contributed by atoms with Gasteiger partial charge in [-0.1, -0.05) is 37.3 Å². The van der Waals surface area contributed by atoms with E-state index in [4.69, 9.17) is 5.73 Å². The van der Waals surface area contributed by atoms with Crippen molar-refractivity contribution in [3.05, 3.63) is 72.9 Å². The van der Waals surface area contributed by atoms with Gasteiger partial charge in [-0.2, -0.15) is 15.2 Å². The van der Waals surface area contributed by atoms with E-state index >= 15 is 0 Å². The second kappa shape index (κ2) is 7.14. The van der Waals surface area contributed by atoms with Crippen LogP contribution >= 0.6 is 0 Å². The fourth-order valence-electron chi connectivity index (χ4n) is 3.84. The Labute approximate surface area is 173 Å². The maximum absolute atomic E-state index is 5.88. The Morgan fingerprint density at radius 2 is 1.77 bits per heavy atom. The molecule has 2 N–H and O–H groups in total. The maximum atomic E-state index is 5.88. The van der Waals surface area contributed by atoms with Gasteiger partial charge in [0, 0.05) is 47.9 Å². The van der Waals surface area contributed by atoms with Gasteiger partial charge in [0.05, 0.1) is 18.4 Å². The monoisotopic (exact) mass is 398 g/mol. The number of fused-ring (bicyclic) bond motifs is 1. The predicted octanol–water partition coefficient (Wildman–Crippen LogP) is 3.57. The average molecular weight is 398 g/mol. The first-order chi connectivity index (χ1) is 14.6. The normalized spacial score (nSPS) is 12.5. The van der Waals surface area contributed by atoms with Crippen molar-refractivity contribution in [1.82, 2.24) is 34.2 Å². The minimum atomic E-state index is 0.184. The van der Waals surface area contributed by atoms with Crippen molar-refractivity contribution in [3.8, 4) is 22.3 Å². The number of nitrogen functional groups attached to an aromatic ring is 1. The molecule has 150 valence electrons. The zero-order chi connectivity index (χ0) is 20.7. The van der Waals surface area contributed by atoms with Crippen molar-refractivity contribution in [1.29, 1.82) is 0 Å². The van der Waals surface area contributed by atoms with Crippen LogP contribution in [0.25, 0.3) is 27.9 Å². The number of nitrogens with zero attached hydrogens (tertiary/aromatic N) is 7. The van der Waals surface area contributed by atoms with E-state index in [1.807, 2.05) is 42.6 Å². The molecule has 0 bridgehead atoms. The van der Waals surface area contributed by atoms with Gasteiger partial charge in [0.1, 0.15) is 0 Å². The van der Waals surface area contributed by atoms with Crippen LogP contribution in [0.1, 0.15) is 24.9 Å². The molecule has 0 spiro atoms. The van der Waals surface area contributed by atoms with E-state index in [2.05, 4.69) is 63.7 Å². The Morgan fingerprint density at radius 3 is 2.50 bits per heavy atom. The highest BCUT2D eigenvalue weighted by Crippen LogP contribution is 2.30. The smallest absolute Gasteiger partial charge is 0.240 e. The summed E-state index contributed by atoms with van der Waals surface area (Å²) in [6.45, 7) is 2.17. The third-order valence-corrected chi connectivity index (χ3v) is 5.29. The largest absolute Gasteiger partial charge is 0.366 e. The Hall–Kier alpha value is -3.94. The molecule has 8 nitrogen and oxygen atoms in total. The standard InChI is InChI=1S/C22H22N8/c1-3-20(15-7-5-4-6-8-15)29-14-17(10-25-29)16-9-19(18-11-24-28(2)12-18)21-26-22(23)27-30(21)13-16/h4-14,20H,3H2,1-2H3,(H2,23,27). The fourth-order valence-corrected chi connectivity index (χ4v) is 3.84. The second-order valence-corrected chi connectivity index (χ2v) is 7.33. The lowest BCUT2D eigenvalue weighted by molar-refractivity contribution is 0.509. The van der Waals surface area contributed by atoms with Crippen molar-refractivity contribution in [3.63, 3.8) is 0 Å². The van der Waals surface area contributed by atoms with E-state index < -0.39 is 0 Å². The van der Waals surface area contributed by atoms with E-state index in [0.29, 0.717) is 5.65 Å². The molecule has 0 radical (unpaired) electrons. The first-order valence-electron chi connectivity index (χ1n) is 9.86. The lowest BCUT2D eigenvalue weighted by Crippen LogP contribution is -2.09. The van der Waals surface area contributed by atoms with E-state index in [1.54, 1.807) is 9.20 Å². The molecule has 8 heteroatoms. The Bertz CT molecular complexity index is 1310. The van der Waals surface area contributed by atoms with Crippen LogP contribution < -0.4 is 5.73 Å². The van der Waals surface area contributed by atoms with E-state index in [0.717, 1.165) is 28.7 Å². The molecule has 1 atom stereocenters. The van der Waals surface area contributed by atoms with Gasteiger partial charge in [-0.25, -0.2) is 4.52 Å². The molecule has 0 fully saturated rings. The number of hydrogen-bond acceptors (Lipinski definition) is 5. The molecule has 4 aromatic heterocycles. The molecule has 30 heavy (non-hydrogen) atoms. The number of pyridine rings is 1. The lowest BCUT2D eigenvalue weighted by Gasteiger charge is -2.15. The van der Waals surface area contributed by atoms with Crippen LogP contribution in [-0.4, -0.2) is 34.2 Å². The Kier molecular flexibility index (Phi) is 4.31. The number of anilines is 1. The molecule has 4 heterocycles. The van der Waals surface area contributed by atoms with Gasteiger partial charge in [0.2, 0.25) is 5.95 Å². The number of aryl methyl sites for hydroxylation is 1. The van der Waals surface area contributed by atoms with Crippen molar-refractivity contribution < 1.29 is 0 Å². The summed E-state index contributed by atoms with van der Waals surface area (Å²) in [5, 5.41) is 13.3. The SMILES string of the molecule is CCC(c1ccccc1)n1cc(-c2cc(-c3cnn(C)c3)c3nc(N)nn3c2)cn1. The highest BCUT2D eigenvalue weighted by atomic mass is 15.3. The summed E-state index contributed by atoms with van der Waals surface area (Å²) in [6.07, 6.45) is 10.6. The first kappa shape index (κ1) is 18.1. The molecule has 0 saturated carbocycles. The van der Waals surface area contributed by atoms with Crippen LogP contribution in [0.5, 0.6) is 0 Å². The second-order valence-electron chi connectivity index (χ2n) is 7.33. The summed E-state index contributed by atoms with van der Waals surface area (Å²) in [5.41, 5.74) is 11.7. The third-order valence-electron chi connectivity index (χ3n) is 5.29. The van der Waals surface area contributed by atoms with Gasteiger partial charge >= 0.3 is 0 Å². The summed E-state index contributed by atoms with van der Waals surface area (Å²) in [7, 11) is 1.89. The summed E-state index contributed by atoms with van der Waals surface area (Å²) >= 11 is 0. The predicted molar refractivity (Wildman–Crippen MR) is 116 cm³/mol. The van der Waals surface area contributed by atoms with E-state index in [1.165, 1.54) is 5.56 Å². The third kappa shape index (κ3) is 3.12. The van der Waals surface area contributed by atoms with Crippen molar-refractivity contribution >= 4 is 11.6 Å². The molecule has 0 aliphatic carbocycles. The number of benzene rings is 1. The number of nitrogens with two attached hydrogens (primary N) is 1. The Balaban J connectivity index is 1.60. The molecular formula is C22H22N8. The van der Waals surface area contributed by atoms with Gasteiger partial charge in [-0.3, -0.25) is 9.36 Å². The molecule has 0 saturated heterocycles. The van der Waals surface area contributed by atoms with Crippen LogP contribution in [0.2, 0.25) is 0 Å². The summed E-state index contributed by atoms with van der Waals surface area (Å²) < 4.78 is 5.51. The highest BCUT2D eigenvalue weighted by Gasteiger charge is 2.16. The number of rotatable bonds is 5. The molecule has 5 rings (SSSR count). The zero-order valence-corrected chi connectivity index (χ0v) is 16.8. The molecular weight excluding hydrogens is 376 g/mol. The minimum absolute atomic E-state index is 0.184. The fraction of sp³-hybridized carbons (Fsp3) is 0.182. The van der Waals surface area contributed by atoms with Gasteiger partial charge in [-0.05, 0) is 18.1 Å². The lowest BCUT2D eigenvalue weighted by atomic mass is 10.0. The van der Waals surface area contributed by atoms with Crippen LogP contribution in [0.3, 0.4) is 0 Å². The Morgan fingerprint density at radius 1 is 0.967 bits per heavy atom. The van der Waals surface area contributed by atoms with Crippen molar-refractivity contribution in [2.75, 3.05) is 5.73 Å². The molecule has 0 aliphatic heterocycles. The van der Waals surface area contributed by atoms with Crippen molar-refractivity contribution in [2.24, 2.45) is 7.05 Å². The highest BCUT2D eigenvalue weighted by molar-refractivity contribution is 5.81. The van der Waals surface area contributed by atoms with Gasteiger partial charge in [0.25, 0.3) is 0 Å². The van der Waals surface area contributed by atoms with Gasteiger partial charge in [0.15, 0.2) is 5.65 Å². The summed E-state index contributed by atoms with van der Waals surface area (Å²) in [5.74, 6) is 0.239. The molecule has 1 unspecified atom stereocenters. The molecule has 1 aromatic carbocycles. The topological polar surface area (TPSA) is 91.8 Å². The molecule has 0 amide bonds. The van der Waals surface area contributed by atoms with Gasteiger partial charge in [-0.15, -0.1) is 5.10 Å². The van der Waals surface area contributed by atoms with Crippen molar-refractivity contribution in [2.45, 2.75) is 19.4 Å².